The van der Waals surface area contributed by atoms with Gasteiger partial charge < -0.3 is 34.6 Å². The molecule has 0 aromatic heterocycles. The third-order valence-corrected chi connectivity index (χ3v) is 9.48. The molecule has 0 aromatic carbocycles. The van der Waals surface area contributed by atoms with Gasteiger partial charge in [0.15, 0.2) is 5.79 Å². The van der Waals surface area contributed by atoms with Crippen LogP contribution in [0.2, 0.25) is 0 Å². The Morgan fingerprint density at radius 3 is 2.26 bits per heavy atom. The minimum Gasteiger partial charge on any atom is -0.456 e. The Balaban J connectivity index is 2.48. The fraction of sp³-hybridized carbons (Fsp3) is 0.743. The number of allylic oxidation sites excluding steroid dienone is 5. The van der Waals surface area contributed by atoms with Crippen molar-refractivity contribution in [2.75, 3.05) is 7.11 Å². The first-order valence-electron chi connectivity index (χ1n) is 15.8. The number of methoxy groups -OCH3 is 1. The summed E-state index contributed by atoms with van der Waals surface area (Å²) in [6.45, 7) is 18.9. The van der Waals surface area contributed by atoms with Gasteiger partial charge >= 0.3 is 5.97 Å². The van der Waals surface area contributed by atoms with E-state index in [1.165, 1.54) is 7.11 Å². The Kier molecular flexibility index (Phi) is 13.9. The van der Waals surface area contributed by atoms with E-state index in [9.17, 15) is 25.2 Å². The lowest BCUT2D eigenvalue weighted by molar-refractivity contribution is -0.328. The van der Waals surface area contributed by atoms with Gasteiger partial charge in [-0.3, -0.25) is 0 Å². The fourth-order valence-corrected chi connectivity index (χ4v) is 6.57. The van der Waals surface area contributed by atoms with E-state index in [1.54, 1.807) is 32.9 Å². The largest absolute Gasteiger partial charge is 0.456 e. The first-order valence-corrected chi connectivity index (χ1v) is 15.8. The van der Waals surface area contributed by atoms with Crippen LogP contribution in [0.5, 0.6) is 0 Å². The van der Waals surface area contributed by atoms with Gasteiger partial charge in [0.2, 0.25) is 0 Å². The SMILES string of the molecule is CO[C@H]1/C=C/C=C(/C)C[C@H](C)[C@H](O)[C@H](C)/C=C(C)\C=C(\C)C(=O)O[C@@H]1[C@@H](C)[C@H](O)[C@@H](C)[C@@]1(O)C[C@@H](O)[C@H](C)[C@@H](C(C)C)O1. The second-order valence-electron chi connectivity index (χ2n) is 13.7. The molecule has 0 aliphatic carbocycles. The van der Waals surface area contributed by atoms with Crippen LogP contribution in [0.4, 0.5) is 0 Å². The number of cyclic esters (lactones) is 1. The van der Waals surface area contributed by atoms with Crippen molar-refractivity contribution < 1.29 is 39.4 Å². The van der Waals surface area contributed by atoms with Crippen LogP contribution < -0.4 is 0 Å². The van der Waals surface area contributed by atoms with E-state index >= 15 is 0 Å². The van der Waals surface area contributed by atoms with E-state index in [0.29, 0.717) is 12.0 Å². The highest BCUT2D eigenvalue weighted by molar-refractivity contribution is 5.88. The van der Waals surface area contributed by atoms with Crippen LogP contribution in [0.15, 0.2) is 47.1 Å². The quantitative estimate of drug-likeness (QED) is 0.308. The van der Waals surface area contributed by atoms with Crippen LogP contribution in [-0.4, -0.2) is 75.9 Å². The van der Waals surface area contributed by atoms with E-state index in [-0.39, 0.29) is 36.2 Å². The molecule has 0 spiro atoms. The molecule has 8 nitrogen and oxygen atoms in total. The van der Waals surface area contributed by atoms with Crippen LogP contribution >= 0.6 is 0 Å². The first kappa shape index (κ1) is 37.4. The van der Waals surface area contributed by atoms with Gasteiger partial charge in [-0.2, -0.15) is 0 Å². The molecular weight excluding hydrogens is 548 g/mol. The van der Waals surface area contributed by atoms with Gasteiger partial charge in [0, 0.05) is 42.8 Å². The molecule has 2 aliphatic rings. The molecule has 8 heteroatoms. The van der Waals surface area contributed by atoms with E-state index in [0.717, 1.165) is 11.1 Å². The Labute approximate surface area is 259 Å². The Hall–Kier alpha value is -1.81. The summed E-state index contributed by atoms with van der Waals surface area (Å²) in [5, 5.41) is 44.9. The molecule has 2 rings (SSSR count). The maximum atomic E-state index is 13.4. The molecule has 12 atom stereocenters. The van der Waals surface area contributed by atoms with Crippen molar-refractivity contribution in [3.63, 3.8) is 0 Å². The van der Waals surface area contributed by atoms with Gasteiger partial charge in [0.1, 0.15) is 12.2 Å². The zero-order chi connectivity index (χ0) is 32.8. The molecule has 246 valence electrons. The van der Waals surface area contributed by atoms with Crippen LogP contribution in [-0.2, 0) is 19.0 Å². The number of hydrogen-bond donors (Lipinski definition) is 4. The molecule has 0 aromatic rings. The summed E-state index contributed by atoms with van der Waals surface area (Å²) >= 11 is 0. The number of aliphatic hydroxyl groups excluding tert-OH is 3. The topological polar surface area (TPSA) is 126 Å². The Morgan fingerprint density at radius 2 is 1.67 bits per heavy atom. The molecular formula is C35H58O8. The number of carbonyl (C=O) groups is 1. The predicted octanol–water partition coefficient (Wildman–Crippen LogP) is 5.11. The van der Waals surface area contributed by atoms with Crippen molar-refractivity contribution in [1.29, 1.82) is 0 Å². The number of esters is 1. The summed E-state index contributed by atoms with van der Waals surface area (Å²) in [6.07, 6.45) is 5.44. The summed E-state index contributed by atoms with van der Waals surface area (Å²) in [5.74, 6) is -4.03. The van der Waals surface area contributed by atoms with Crippen LogP contribution in [0.1, 0.15) is 82.1 Å². The highest BCUT2D eigenvalue weighted by Crippen LogP contribution is 2.41. The third-order valence-electron chi connectivity index (χ3n) is 9.48. The number of aliphatic hydroxyl groups is 4. The smallest absolute Gasteiger partial charge is 0.334 e. The number of ether oxygens (including phenoxy) is 3. The van der Waals surface area contributed by atoms with Crippen molar-refractivity contribution in [2.45, 2.75) is 124 Å². The first-order chi connectivity index (χ1) is 19.9. The molecule has 43 heavy (non-hydrogen) atoms. The molecule has 0 saturated carbocycles. The zero-order valence-electron chi connectivity index (χ0n) is 28.2. The minimum atomic E-state index is -1.77. The lowest BCUT2D eigenvalue weighted by Crippen LogP contribution is -2.59. The maximum absolute atomic E-state index is 13.4. The van der Waals surface area contributed by atoms with E-state index in [1.807, 2.05) is 66.7 Å². The molecule has 1 saturated heterocycles. The van der Waals surface area contributed by atoms with Gasteiger partial charge in [0.05, 0.1) is 24.4 Å². The van der Waals surface area contributed by atoms with Gasteiger partial charge in [-0.05, 0) is 45.1 Å². The predicted molar refractivity (Wildman–Crippen MR) is 169 cm³/mol. The molecule has 1 fully saturated rings. The summed E-state index contributed by atoms with van der Waals surface area (Å²) in [4.78, 5) is 13.4. The average molecular weight is 607 g/mol. The van der Waals surface area contributed by atoms with Gasteiger partial charge in [0.25, 0.3) is 0 Å². The van der Waals surface area contributed by atoms with Crippen molar-refractivity contribution in [1.82, 2.24) is 0 Å². The molecule has 0 bridgehead atoms. The molecule has 0 unspecified atom stereocenters. The molecule has 2 aliphatic heterocycles. The van der Waals surface area contributed by atoms with Gasteiger partial charge in [-0.1, -0.05) is 83.9 Å². The monoisotopic (exact) mass is 606 g/mol. The highest BCUT2D eigenvalue weighted by Gasteiger charge is 2.51. The summed E-state index contributed by atoms with van der Waals surface area (Å²) in [5.41, 5.74) is 2.28. The Bertz CT molecular complexity index is 1040. The zero-order valence-corrected chi connectivity index (χ0v) is 28.2. The molecule has 0 radical (unpaired) electrons. The number of hydrogen-bond acceptors (Lipinski definition) is 8. The normalized spacial score (nSPS) is 42.0. The third kappa shape index (κ3) is 9.59. The second kappa shape index (κ2) is 16.0. The van der Waals surface area contributed by atoms with Crippen LogP contribution in [0.25, 0.3) is 0 Å². The second-order valence-corrected chi connectivity index (χ2v) is 13.7. The highest BCUT2D eigenvalue weighted by atomic mass is 16.6. The number of rotatable bonds is 6. The van der Waals surface area contributed by atoms with Crippen molar-refractivity contribution in [3.8, 4) is 0 Å². The average Bonchev–Trinajstić information content (AvgIpc) is 2.93. The Morgan fingerprint density at radius 1 is 1.05 bits per heavy atom. The summed E-state index contributed by atoms with van der Waals surface area (Å²) in [6, 6.07) is 0. The van der Waals surface area contributed by atoms with Crippen molar-refractivity contribution in [3.05, 3.63) is 47.1 Å². The fourth-order valence-electron chi connectivity index (χ4n) is 6.57. The van der Waals surface area contributed by atoms with E-state index in [4.69, 9.17) is 14.2 Å². The van der Waals surface area contributed by atoms with E-state index < -0.39 is 54.1 Å². The van der Waals surface area contributed by atoms with Crippen molar-refractivity contribution in [2.24, 2.45) is 35.5 Å². The van der Waals surface area contributed by atoms with Crippen LogP contribution in [0, 0.1) is 35.5 Å². The molecule has 2 heterocycles. The van der Waals surface area contributed by atoms with Crippen LogP contribution in [0.3, 0.4) is 0 Å². The standard InChI is InChI=1S/C35H58O8/c1-19(2)32-25(8)28(36)18-35(40,43-32)27(10)31(38)26(9)33-29(41-11)14-12-13-20(3)15-22(5)30(37)23(6)16-21(4)17-24(7)34(39)42-33/h12-14,16-17,19,22-23,25-33,36-38,40H,15,18H2,1-11H3/b14-12+,20-13-,21-16-,24-17-/t22-,23+,25-,26-,27+,28+,29-,30-,31-,32+,33+,35+/m0/s1. The van der Waals surface area contributed by atoms with E-state index in [2.05, 4.69) is 0 Å². The van der Waals surface area contributed by atoms with Gasteiger partial charge in [-0.25, -0.2) is 4.79 Å². The summed E-state index contributed by atoms with van der Waals surface area (Å²) < 4.78 is 18.0. The minimum absolute atomic E-state index is 0.0267. The van der Waals surface area contributed by atoms with Crippen molar-refractivity contribution >= 4 is 5.97 Å². The lowest BCUT2D eigenvalue weighted by Gasteiger charge is -2.49. The summed E-state index contributed by atoms with van der Waals surface area (Å²) in [7, 11) is 1.52. The lowest BCUT2D eigenvalue weighted by atomic mass is 9.76. The number of carbonyl (C=O) groups excluding carboxylic acids is 1. The molecule has 4 N–H and O–H groups in total. The maximum Gasteiger partial charge on any atom is 0.334 e. The molecule has 0 amide bonds. The van der Waals surface area contributed by atoms with Gasteiger partial charge in [-0.15, -0.1) is 0 Å².